The zero-order valence-corrected chi connectivity index (χ0v) is 14.6. The van der Waals surface area contributed by atoms with Gasteiger partial charge in [0, 0.05) is 24.0 Å². The molecule has 2 heterocycles. The first-order valence-electron chi connectivity index (χ1n) is 8.08. The van der Waals surface area contributed by atoms with Gasteiger partial charge in [-0.05, 0) is 31.2 Å². The number of nitrogens with one attached hydrogen (secondary N) is 2. The summed E-state index contributed by atoms with van der Waals surface area (Å²) in [4.78, 5) is 37.9. The average molecular weight is 353 g/mol. The number of hydrogen-bond acceptors (Lipinski definition) is 5. The van der Waals surface area contributed by atoms with E-state index in [4.69, 9.17) is 4.74 Å². The topological polar surface area (TPSA) is 87.7 Å². The largest absolute Gasteiger partial charge is 0.450 e. The maximum Gasteiger partial charge on any atom is 0.409 e. The third-order valence-corrected chi connectivity index (χ3v) is 4.62. The van der Waals surface area contributed by atoms with Gasteiger partial charge in [0.05, 0.1) is 19.6 Å². The van der Waals surface area contributed by atoms with Crippen LogP contribution in [-0.4, -0.2) is 55.1 Å². The highest BCUT2D eigenvalue weighted by molar-refractivity contribution is 7.10. The first-order valence-corrected chi connectivity index (χ1v) is 8.96. The summed E-state index contributed by atoms with van der Waals surface area (Å²) in [5.41, 5.74) is 0. The van der Waals surface area contributed by atoms with Gasteiger partial charge < -0.3 is 20.3 Å². The Morgan fingerprint density at radius 1 is 1.29 bits per heavy atom. The van der Waals surface area contributed by atoms with Gasteiger partial charge in [-0.3, -0.25) is 9.59 Å². The van der Waals surface area contributed by atoms with Crippen LogP contribution in [0.15, 0.2) is 17.5 Å². The van der Waals surface area contributed by atoms with Gasteiger partial charge >= 0.3 is 6.09 Å². The molecule has 1 aromatic heterocycles. The Bertz CT molecular complexity index is 554. The normalized spacial score (nSPS) is 15.0. The van der Waals surface area contributed by atoms with Crippen molar-refractivity contribution in [3.05, 3.63) is 22.4 Å². The fourth-order valence-corrected chi connectivity index (χ4v) is 3.22. The van der Waals surface area contributed by atoms with Crippen LogP contribution in [0.1, 0.15) is 24.6 Å². The van der Waals surface area contributed by atoms with Crippen LogP contribution in [0.5, 0.6) is 0 Å². The van der Waals surface area contributed by atoms with Gasteiger partial charge in [-0.1, -0.05) is 6.07 Å². The number of ether oxygens (including phenoxy) is 1. The van der Waals surface area contributed by atoms with E-state index in [2.05, 4.69) is 10.6 Å². The standard InChI is InChI=1S/C16H23N3O4S/c1-2-23-16(22)19-7-5-12(6-8-19)18-15(21)11-17-14(20)10-13-4-3-9-24-13/h3-4,9,12H,2,5-8,10-11H2,1H3,(H,17,20)(H,18,21). The summed E-state index contributed by atoms with van der Waals surface area (Å²) < 4.78 is 4.96. The molecule has 3 amide bonds. The Morgan fingerprint density at radius 3 is 2.67 bits per heavy atom. The number of amides is 3. The van der Waals surface area contributed by atoms with E-state index in [1.165, 1.54) is 11.3 Å². The van der Waals surface area contributed by atoms with Crippen LogP contribution < -0.4 is 10.6 Å². The van der Waals surface area contributed by atoms with Gasteiger partial charge in [0.15, 0.2) is 0 Å². The number of carbonyl (C=O) groups excluding carboxylic acids is 3. The summed E-state index contributed by atoms with van der Waals surface area (Å²) in [5, 5.41) is 7.43. The molecule has 1 saturated heterocycles. The van der Waals surface area contributed by atoms with Gasteiger partial charge in [-0.15, -0.1) is 11.3 Å². The fraction of sp³-hybridized carbons (Fsp3) is 0.562. The van der Waals surface area contributed by atoms with Crippen LogP contribution in [0.3, 0.4) is 0 Å². The van der Waals surface area contributed by atoms with Crippen LogP contribution in [0, 0.1) is 0 Å². The predicted octanol–water partition coefficient (Wildman–Crippen LogP) is 1.14. The molecule has 0 unspecified atom stereocenters. The first kappa shape index (κ1) is 18.3. The summed E-state index contributed by atoms with van der Waals surface area (Å²) in [6.07, 6.45) is 1.37. The number of nitrogens with zero attached hydrogens (tertiary/aromatic N) is 1. The highest BCUT2D eigenvalue weighted by atomic mass is 32.1. The predicted molar refractivity (Wildman–Crippen MR) is 90.8 cm³/mol. The van der Waals surface area contributed by atoms with Gasteiger partial charge in [-0.25, -0.2) is 4.79 Å². The van der Waals surface area contributed by atoms with Gasteiger partial charge in [0.1, 0.15) is 0 Å². The Morgan fingerprint density at radius 2 is 2.04 bits per heavy atom. The molecule has 0 radical (unpaired) electrons. The third-order valence-electron chi connectivity index (χ3n) is 3.75. The molecule has 24 heavy (non-hydrogen) atoms. The monoisotopic (exact) mass is 353 g/mol. The zero-order valence-electron chi connectivity index (χ0n) is 13.7. The highest BCUT2D eigenvalue weighted by Crippen LogP contribution is 2.11. The van der Waals surface area contributed by atoms with E-state index >= 15 is 0 Å². The molecule has 1 aromatic rings. The maximum absolute atomic E-state index is 11.9. The van der Waals surface area contributed by atoms with Crippen LogP contribution in [0.2, 0.25) is 0 Å². The van der Waals surface area contributed by atoms with E-state index in [0.29, 0.717) is 39.0 Å². The summed E-state index contributed by atoms with van der Waals surface area (Å²) in [5.74, 6) is -0.367. The number of likely N-dealkylation sites (tertiary alicyclic amines) is 1. The first-order chi connectivity index (χ1) is 11.6. The highest BCUT2D eigenvalue weighted by Gasteiger charge is 2.24. The van der Waals surface area contributed by atoms with E-state index in [9.17, 15) is 14.4 Å². The van der Waals surface area contributed by atoms with Crippen molar-refractivity contribution in [2.24, 2.45) is 0 Å². The molecule has 132 valence electrons. The van der Waals surface area contributed by atoms with Crippen molar-refractivity contribution in [1.82, 2.24) is 15.5 Å². The van der Waals surface area contributed by atoms with Crippen molar-refractivity contribution in [2.75, 3.05) is 26.2 Å². The molecule has 1 fully saturated rings. The van der Waals surface area contributed by atoms with Crippen molar-refractivity contribution in [3.63, 3.8) is 0 Å². The number of rotatable bonds is 6. The lowest BCUT2D eigenvalue weighted by Gasteiger charge is -2.31. The van der Waals surface area contributed by atoms with E-state index in [0.717, 1.165) is 4.88 Å². The van der Waals surface area contributed by atoms with E-state index in [1.807, 2.05) is 17.5 Å². The molecule has 0 saturated carbocycles. The summed E-state index contributed by atoms with van der Waals surface area (Å²) >= 11 is 1.52. The lowest BCUT2D eigenvalue weighted by molar-refractivity contribution is -0.126. The molecule has 0 bridgehead atoms. The summed E-state index contributed by atoms with van der Waals surface area (Å²) in [6, 6.07) is 3.81. The van der Waals surface area contributed by atoms with E-state index < -0.39 is 0 Å². The molecule has 0 spiro atoms. The van der Waals surface area contributed by atoms with Crippen molar-refractivity contribution < 1.29 is 19.1 Å². The molecular formula is C16H23N3O4S. The minimum Gasteiger partial charge on any atom is -0.450 e. The Kier molecular flexibility index (Phi) is 7.05. The van der Waals surface area contributed by atoms with Crippen molar-refractivity contribution in [3.8, 4) is 0 Å². The second-order valence-corrected chi connectivity index (χ2v) is 6.59. The molecule has 1 aliphatic rings. The van der Waals surface area contributed by atoms with Gasteiger partial charge in [-0.2, -0.15) is 0 Å². The Balaban J connectivity index is 1.63. The molecule has 0 atom stereocenters. The number of hydrogen-bond donors (Lipinski definition) is 2. The second-order valence-electron chi connectivity index (χ2n) is 5.56. The molecule has 8 heteroatoms. The van der Waals surface area contributed by atoms with E-state index in [-0.39, 0.29) is 30.5 Å². The van der Waals surface area contributed by atoms with Crippen molar-refractivity contribution in [2.45, 2.75) is 32.2 Å². The second kappa shape index (κ2) is 9.27. The number of carbonyl (C=O) groups is 3. The lowest BCUT2D eigenvalue weighted by Crippen LogP contribution is -2.48. The minimum atomic E-state index is -0.303. The molecular weight excluding hydrogens is 330 g/mol. The maximum atomic E-state index is 11.9. The summed E-state index contributed by atoms with van der Waals surface area (Å²) in [7, 11) is 0. The van der Waals surface area contributed by atoms with Crippen LogP contribution in [0.25, 0.3) is 0 Å². The van der Waals surface area contributed by atoms with E-state index in [1.54, 1.807) is 11.8 Å². The van der Waals surface area contributed by atoms with Crippen molar-refractivity contribution in [1.29, 1.82) is 0 Å². The summed E-state index contributed by atoms with van der Waals surface area (Å²) in [6.45, 7) is 3.24. The van der Waals surface area contributed by atoms with Crippen molar-refractivity contribution >= 4 is 29.2 Å². The van der Waals surface area contributed by atoms with Crippen LogP contribution in [0.4, 0.5) is 4.79 Å². The lowest BCUT2D eigenvalue weighted by atomic mass is 10.1. The molecule has 7 nitrogen and oxygen atoms in total. The SMILES string of the molecule is CCOC(=O)N1CCC(NC(=O)CNC(=O)Cc2cccs2)CC1. The van der Waals surface area contributed by atoms with Crippen LogP contribution >= 0.6 is 11.3 Å². The minimum absolute atomic E-state index is 0.0253. The van der Waals surface area contributed by atoms with Gasteiger partial charge in [0.25, 0.3) is 0 Å². The molecule has 2 rings (SSSR count). The molecule has 0 aromatic carbocycles. The quantitative estimate of drug-likeness (QED) is 0.803. The Labute approximate surface area is 145 Å². The molecule has 0 aliphatic carbocycles. The number of piperidine rings is 1. The van der Waals surface area contributed by atoms with Crippen LogP contribution in [-0.2, 0) is 20.7 Å². The molecule has 1 aliphatic heterocycles. The average Bonchev–Trinajstić information content (AvgIpc) is 3.07. The zero-order chi connectivity index (χ0) is 17.4. The smallest absolute Gasteiger partial charge is 0.409 e. The fourth-order valence-electron chi connectivity index (χ4n) is 2.51. The number of thiophene rings is 1. The molecule has 2 N–H and O–H groups in total. The Hall–Kier alpha value is -2.09. The van der Waals surface area contributed by atoms with Gasteiger partial charge in [0.2, 0.25) is 11.8 Å². The third kappa shape index (κ3) is 5.84.